The van der Waals surface area contributed by atoms with Gasteiger partial charge in [0, 0.05) is 23.1 Å². The molecule has 0 saturated heterocycles. The Bertz CT molecular complexity index is 847. The zero-order valence-electron chi connectivity index (χ0n) is 14.7. The van der Waals surface area contributed by atoms with Crippen LogP contribution in [-0.2, 0) is 17.6 Å². The van der Waals surface area contributed by atoms with Crippen LogP contribution in [0.5, 0.6) is 0 Å². The van der Waals surface area contributed by atoms with E-state index in [1.807, 2.05) is 18.2 Å². The fraction of sp³-hybridized carbons (Fsp3) is 0.524. The molecule has 1 heterocycles. The first-order valence-electron chi connectivity index (χ1n) is 9.68. The van der Waals surface area contributed by atoms with Crippen LogP contribution in [0.3, 0.4) is 0 Å². The molecule has 1 saturated carbocycles. The Hall–Kier alpha value is -2.10. The lowest BCUT2D eigenvalue weighted by molar-refractivity contribution is -0.116. The third-order valence-corrected chi connectivity index (χ3v) is 5.87. The van der Waals surface area contributed by atoms with Gasteiger partial charge in [0.25, 0.3) is 5.56 Å². The molecule has 25 heavy (non-hydrogen) atoms. The Labute approximate surface area is 148 Å². The zero-order chi connectivity index (χ0) is 17.2. The summed E-state index contributed by atoms with van der Waals surface area (Å²) in [6, 6.07) is 5.89. The molecule has 2 N–H and O–H groups in total. The number of aryl methyl sites for hydroxylation is 1. The number of rotatable bonds is 4. The molecule has 4 nitrogen and oxygen atoms in total. The van der Waals surface area contributed by atoms with Gasteiger partial charge in [-0.3, -0.25) is 9.59 Å². The van der Waals surface area contributed by atoms with E-state index in [1.165, 1.54) is 37.7 Å². The quantitative estimate of drug-likeness (QED) is 0.872. The summed E-state index contributed by atoms with van der Waals surface area (Å²) in [6.45, 7) is 0. The number of anilines is 1. The van der Waals surface area contributed by atoms with Gasteiger partial charge in [0.2, 0.25) is 5.91 Å². The molecule has 0 radical (unpaired) electrons. The standard InChI is InChI=1S/C21H26N2O2/c24-20(12-9-14-5-2-1-3-6-14)22-15-10-11-17-16-7-4-8-18(16)21(25)23-19(17)13-15/h10-11,13-14H,1-9,12H2,(H,22,24)(H,23,25). The van der Waals surface area contributed by atoms with Crippen molar-refractivity contribution in [1.29, 1.82) is 0 Å². The van der Waals surface area contributed by atoms with Crippen LogP contribution in [0.4, 0.5) is 5.69 Å². The van der Waals surface area contributed by atoms with E-state index in [0.29, 0.717) is 6.42 Å². The number of hydrogen-bond donors (Lipinski definition) is 2. The number of amides is 1. The Morgan fingerprint density at radius 3 is 2.72 bits per heavy atom. The number of carbonyl (C=O) groups excluding carboxylic acids is 1. The summed E-state index contributed by atoms with van der Waals surface area (Å²) in [7, 11) is 0. The minimum Gasteiger partial charge on any atom is -0.326 e. The van der Waals surface area contributed by atoms with Gasteiger partial charge in [-0.2, -0.15) is 0 Å². The SMILES string of the molecule is O=C(CCC1CCCCC1)Nc1ccc2c3c(c(=O)[nH]c2c1)CCC3. The van der Waals surface area contributed by atoms with Crippen molar-refractivity contribution < 1.29 is 4.79 Å². The van der Waals surface area contributed by atoms with Crippen LogP contribution in [0.1, 0.15) is 62.5 Å². The minimum atomic E-state index is 0.0285. The van der Waals surface area contributed by atoms with E-state index >= 15 is 0 Å². The molecule has 1 amide bonds. The van der Waals surface area contributed by atoms with E-state index in [2.05, 4.69) is 10.3 Å². The van der Waals surface area contributed by atoms with E-state index in [1.54, 1.807) is 0 Å². The van der Waals surface area contributed by atoms with Crippen LogP contribution in [0.25, 0.3) is 10.9 Å². The molecule has 0 aliphatic heterocycles. The number of fused-ring (bicyclic) bond motifs is 3. The maximum absolute atomic E-state index is 12.3. The van der Waals surface area contributed by atoms with Gasteiger partial charge in [-0.1, -0.05) is 38.2 Å². The second-order valence-corrected chi connectivity index (χ2v) is 7.62. The highest BCUT2D eigenvalue weighted by Gasteiger charge is 2.18. The largest absolute Gasteiger partial charge is 0.326 e. The third-order valence-electron chi connectivity index (χ3n) is 5.87. The highest BCUT2D eigenvalue weighted by Crippen LogP contribution is 2.29. The van der Waals surface area contributed by atoms with Crippen molar-refractivity contribution in [2.75, 3.05) is 5.32 Å². The molecular formula is C21H26N2O2. The summed E-state index contributed by atoms with van der Waals surface area (Å²) < 4.78 is 0. The fourth-order valence-electron chi connectivity index (χ4n) is 4.51. The average Bonchev–Trinajstić information content (AvgIpc) is 3.11. The zero-order valence-corrected chi connectivity index (χ0v) is 14.7. The van der Waals surface area contributed by atoms with Crippen LogP contribution in [0.15, 0.2) is 23.0 Å². The molecule has 1 fully saturated rings. The van der Waals surface area contributed by atoms with E-state index in [4.69, 9.17) is 0 Å². The van der Waals surface area contributed by atoms with Gasteiger partial charge in [0.05, 0.1) is 5.52 Å². The van der Waals surface area contributed by atoms with Crippen molar-refractivity contribution in [3.05, 3.63) is 39.7 Å². The number of benzene rings is 1. The molecule has 0 bridgehead atoms. The topological polar surface area (TPSA) is 62.0 Å². The van der Waals surface area contributed by atoms with Crippen molar-refractivity contribution >= 4 is 22.5 Å². The Morgan fingerprint density at radius 1 is 1.08 bits per heavy atom. The summed E-state index contributed by atoms with van der Waals surface area (Å²) in [6.07, 6.45) is 11.0. The fourth-order valence-corrected chi connectivity index (χ4v) is 4.51. The Kier molecular flexibility index (Phi) is 4.60. The average molecular weight is 338 g/mol. The summed E-state index contributed by atoms with van der Waals surface area (Å²) in [4.78, 5) is 27.4. The van der Waals surface area contributed by atoms with Gasteiger partial charge in [0.1, 0.15) is 0 Å². The lowest BCUT2D eigenvalue weighted by Gasteiger charge is -2.21. The molecule has 4 rings (SSSR count). The summed E-state index contributed by atoms with van der Waals surface area (Å²) >= 11 is 0. The Morgan fingerprint density at radius 2 is 1.88 bits per heavy atom. The normalized spacial score (nSPS) is 17.6. The number of pyridine rings is 1. The van der Waals surface area contributed by atoms with E-state index in [-0.39, 0.29) is 11.5 Å². The number of carbonyl (C=O) groups is 1. The summed E-state index contributed by atoms with van der Waals surface area (Å²) in [5.41, 5.74) is 3.76. The highest BCUT2D eigenvalue weighted by molar-refractivity contribution is 5.94. The number of aromatic nitrogens is 1. The van der Waals surface area contributed by atoms with Gasteiger partial charge in [-0.25, -0.2) is 0 Å². The maximum Gasteiger partial charge on any atom is 0.251 e. The van der Waals surface area contributed by atoms with Crippen LogP contribution < -0.4 is 10.9 Å². The van der Waals surface area contributed by atoms with Crippen molar-refractivity contribution in [3.8, 4) is 0 Å². The first-order valence-corrected chi connectivity index (χ1v) is 9.68. The van der Waals surface area contributed by atoms with E-state index in [9.17, 15) is 9.59 Å². The first-order chi connectivity index (χ1) is 12.2. The monoisotopic (exact) mass is 338 g/mol. The minimum absolute atomic E-state index is 0.0285. The van der Waals surface area contributed by atoms with Crippen molar-refractivity contribution in [3.63, 3.8) is 0 Å². The molecule has 4 heteroatoms. The van der Waals surface area contributed by atoms with Crippen LogP contribution in [-0.4, -0.2) is 10.9 Å². The Balaban J connectivity index is 1.45. The smallest absolute Gasteiger partial charge is 0.251 e. The molecule has 2 aromatic rings. The third kappa shape index (κ3) is 3.48. The second-order valence-electron chi connectivity index (χ2n) is 7.62. The summed E-state index contributed by atoms with van der Waals surface area (Å²) in [5.74, 6) is 0.795. The number of aromatic amines is 1. The second kappa shape index (κ2) is 7.03. The number of H-pyrrole nitrogens is 1. The van der Waals surface area contributed by atoms with Crippen molar-refractivity contribution in [2.45, 2.75) is 64.2 Å². The van der Waals surface area contributed by atoms with E-state index in [0.717, 1.165) is 53.8 Å². The van der Waals surface area contributed by atoms with Crippen LogP contribution >= 0.6 is 0 Å². The predicted octanol–water partition coefficient (Wildman–Crippen LogP) is 4.32. The molecule has 1 aromatic heterocycles. The molecule has 2 aliphatic carbocycles. The van der Waals surface area contributed by atoms with Gasteiger partial charge in [-0.15, -0.1) is 0 Å². The van der Waals surface area contributed by atoms with Crippen LogP contribution in [0.2, 0.25) is 0 Å². The van der Waals surface area contributed by atoms with Gasteiger partial charge in [-0.05, 0) is 49.3 Å². The molecule has 0 atom stereocenters. The molecule has 0 spiro atoms. The predicted molar refractivity (Wildman–Crippen MR) is 101 cm³/mol. The molecule has 0 unspecified atom stereocenters. The number of hydrogen-bond acceptors (Lipinski definition) is 2. The van der Waals surface area contributed by atoms with Crippen molar-refractivity contribution in [1.82, 2.24) is 4.98 Å². The molecule has 2 aliphatic rings. The molecule has 1 aromatic carbocycles. The highest BCUT2D eigenvalue weighted by atomic mass is 16.1. The van der Waals surface area contributed by atoms with Gasteiger partial charge < -0.3 is 10.3 Å². The lowest BCUT2D eigenvalue weighted by Crippen LogP contribution is -2.15. The van der Waals surface area contributed by atoms with E-state index < -0.39 is 0 Å². The van der Waals surface area contributed by atoms with Crippen molar-refractivity contribution in [2.24, 2.45) is 5.92 Å². The lowest BCUT2D eigenvalue weighted by atomic mass is 9.86. The van der Waals surface area contributed by atoms with Crippen LogP contribution in [0, 0.1) is 5.92 Å². The molecule has 132 valence electrons. The molecular weight excluding hydrogens is 312 g/mol. The van der Waals surface area contributed by atoms with Gasteiger partial charge in [0.15, 0.2) is 0 Å². The number of nitrogens with one attached hydrogen (secondary N) is 2. The maximum atomic E-state index is 12.3. The first kappa shape index (κ1) is 16.4. The van der Waals surface area contributed by atoms with Gasteiger partial charge >= 0.3 is 0 Å². The summed E-state index contributed by atoms with van der Waals surface area (Å²) in [5, 5.41) is 4.12.